The number of benzene rings is 1. The molecule has 2 amide bonds. The molecule has 2 rings (SSSR count). The Balaban J connectivity index is 1.97. The largest absolute Gasteiger partial charge is 0.339 e. The fraction of sp³-hybridized carbons (Fsp3) is 0.529. The van der Waals surface area contributed by atoms with Gasteiger partial charge in [-0.05, 0) is 57.4 Å². The lowest BCUT2D eigenvalue weighted by molar-refractivity contribution is -0.119. The molecule has 1 aromatic carbocycles. The third-order valence-electron chi connectivity index (χ3n) is 4.29. The number of nitrogens with one attached hydrogen (secondary N) is 1. The van der Waals surface area contributed by atoms with Crippen molar-refractivity contribution in [2.45, 2.75) is 39.2 Å². The van der Waals surface area contributed by atoms with Gasteiger partial charge in [0.2, 0.25) is 5.91 Å². The summed E-state index contributed by atoms with van der Waals surface area (Å²) in [6, 6.07) is 7.23. The molecule has 1 aliphatic rings. The van der Waals surface area contributed by atoms with Crippen molar-refractivity contribution >= 4 is 17.5 Å². The van der Waals surface area contributed by atoms with E-state index in [-0.39, 0.29) is 23.8 Å². The SMILES string of the molecule is CCN(CC)C(=O)c1ccc(NC(=O)C2CCC(N)C2)cc1. The molecule has 2 atom stereocenters. The average molecular weight is 303 g/mol. The summed E-state index contributed by atoms with van der Waals surface area (Å²) in [5.41, 5.74) is 7.21. The molecule has 0 saturated heterocycles. The molecule has 0 radical (unpaired) electrons. The Morgan fingerprint density at radius 2 is 1.82 bits per heavy atom. The predicted octanol–water partition coefficient (Wildman–Crippen LogP) is 2.23. The molecule has 1 aromatic rings. The van der Waals surface area contributed by atoms with Gasteiger partial charge < -0.3 is 16.0 Å². The van der Waals surface area contributed by atoms with Gasteiger partial charge in [0.1, 0.15) is 0 Å². The van der Waals surface area contributed by atoms with Crippen LogP contribution in [0.25, 0.3) is 0 Å². The van der Waals surface area contributed by atoms with Crippen LogP contribution < -0.4 is 11.1 Å². The highest BCUT2D eigenvalue weighted by atomic mass is 16.2. The van der Waals surface area contributed by atoms with E-state index >= 15 is 0 Å². The fourth-order valence-corrected chi connectivity index (χ4v) is 2.89. The number of hydrogen-bond acceptors (Lipinski definition) is 3. The van der Waals surface area contributed by atoms with E-state index in [1.807, 2.05) is 13.8 Å². The Labute approximate surface area is 131 Å². The molecule has 1 aliphatic carbocycles. The first kappa shape index (κ1) is 16.5. The Kier molecular flexibility index (Phi) is 5.55. The number of carbonyl (C=O) groups is 2. The molecule has 5 nitrogen and oxygen atoms in total. The lowest BCUT2D eigenvalue weighted by Gasteiger charge is -2.18. The monoisotopic (exact) mass is 303 g/mol. The number of nitrogens with zero attached hydrogens (tertiary/aromatic N) is 1. The minimum absolute atomic E-state index is 0.00647. The molecular weight excluding hydrogens is 278 g/mol. The molecule has 2 unspecified atom stereocenters. The van der Waals surface area contributed by atoms with Gasteiger partial charge in [0.25, 0.3) is 5.91 Å². The van der Waals surface area contributed by atoms with Gasteiger partial charge in [-0.2, -0.15) is 0 Å². The van der Waals surface area contributed by atoms with Crippen LogP contribution in [0.2, 0.25) is 0 Å². The predicted molar refractivity (Wildman–Crippen MR) is 87.6 cm³/mol. The highest BCUT2D eigenvalue weighted by molar-refractivity contribution is 5.96. The van der Waals surface area contributed by atoms with Crippen LogP contribution in [-0.4, -0.2) is 35.8 Å². The van der Waals surface area contributed by atoms with Crippen LogP contribution in [0, 0.1) is 5.92 Å². The molecular formula is C17H25N3O2. The zero-order valence-corrected chi connectivity index (χ0v) is 13.3. The standard InChI is InChI=1S/C17H25N3O2/c1-3-20(4-2)17(22)12-6-9-15(10-7-12)19-16(21)13-5-8-14(18)11-13/h6-7,9-10,13-14H,3-5,8,11,18H2,1-2H3,(H,19,21). The minimum atomic E-state index is 0.00647. The summed E-state index contributed by atoms with van der Waals surface area (Å²) < 4.78 is 0. The molecule has 22 heavy (non-hydrogen) atoms. The molecule has 0 aromatic heterocycles. The van der Waals surface area contributed by atoms with E-state index in [0.29, 0.717) is 18.7 Å². The summed E-state index contributed by atoms with van der Waals surface area (Å²) in [5, 5.41) is 2.91. The van der Waals surface area contributed by atoms with Crippen LogP contribution in [0.4, 0.5) is 5.69 Å². The van der Waals surface area contributed by atoms with Gasteiger partial charge in [0, 0.05) is 36.3 Å². The molecule has 3 N–H and O–H groups in total. The average Bonchev–Trinajstić information content (AvgIpc) is 2.96. The third kappa shape index (κ3) is 3.85. The maximum Gasteiger partial charge on any atom is 0.253 e. The summed E-state index contributed by atoms with van der Waals surface area (Å²) >= 11 is 0. The van der Waals surface area contributed by atoms with Crippen molar-refractivity contribution in [2.24, 2.45) is 11.7 Å². The van der Waals surface area contributed by atoms with Crippen molar-refractivity contribution in [3.05, 3.63) is 29.8 Å². The summed E-state index contributed by atoms with van der Waals surface area (Å²) in [6.07, 6.45) is 2.52. The number of hydrogen-bond donors (Lipinski definition) is 2. The van der Waals surface area contributed by atoms with E-state index in [1.54, 1.807) is 29.2 Å². The molecule has 120 valence electrons. The smallest absolute Gasteiger partial charge is 0.253 e. The first-order chi connectivity index (χ1) is 10.5. The summed E-state index contributed by atoms with van der Waals surface area (Å²) in [6.45, 7) is 5.30. The molecule has 1 saturated carbocycles. The maximum absolute atomic E-state index is 12.2. The van der Waals surface area contributed by atoms with Gasteiger partial charge in [-0.25, -0.2) is 0 Å². The van der Waals surface area contributed by atoms with E-state index in [4.69, 9.17) is 5.73 Å². The normalized spacial score (nSPS) is 20.7. The topological polar surface area (TPSA) is 75.4 Å². The van der Waals surface area contributed by atoms with Crippen LogP contribution in [0.15, 0.2) is 24.3 Å². The first-order valence-corrected chi connectivity index (χ1v) is 8.00. The summed E-state index contributed by atoms with van der Waals surface area (Å²) in [5.74, 6) is 0.0485. The molecule has 1 fully saturated rings. The zero-order valence-electron chi connectivity index (χ0n) is 13.3. The number of rotatable bonds is 5. The van der Waals surface area contributed by atoms with Gasteiger partial charge in [0.15, 0.2) is 0 Å². The Bertz CT molecular complexity index is 523. The Morgan fingerprint density at radius 3 is 2.32 bits per heavy atom. The summed E-state index contributed by atoms with van der Waals surface area (Å²) in [7, 11) is 0. The number of anilines is 1. The molecule has 0 aliphatic heterocycles. The van der Waals surface area contributed by atoms with E-state index < -0.39 is 0 Å². The van der Waals surface area contributed by atoms with E-state index in [1.165, 1.54) is 0 Å². The zero-order chi connectivity index (χ0) is 16.1. The van der Waals surface area contributed by atoms with Crippen molar-refractivity contribution in [2.75, 3.05) is 18.4 Å². The highest BCUT2D eigenvalue weighted by Gasteiger charge is 2.27. The van der Waals surface area contributed by atoms with Crippen molar-refractivity contribution in [1.29, 1.82) is 0 Å². The number of nitrogens with two attached hydrogens (primary N) is 1. The van der Waals surface area contributed by atoms with Crippen molar-refractivity contribution in [3.8, 4) is 0 Å². The third-order valence-corrected chi connectivity index (χ3v) is 4.29. The second kappa shape index (κ2) is 7.40. The van der Waals surface area contributed by atoms with Gasteiger partial charge in [-0.1, -0.05) is 0 Å². The molecule has 5 heteroatoms. The van der Waals surface area contributed by atoms with E-state index in [0.717, 1.165) is 24.9 Å². The van der Waals surface area contributed by atoms with Crippen molar-refractivity contribution < 1.29 is 9.59 Å². The van der Waals surface area contributed by atoms with E-state index in [2.05, 4.69) is 5.32 Å². The Morgan fingerprint density at radius 1 is 1.18 bits per heavy atom. The van der Waals surface area contributed by atoms with Crippen molar-refractivity contribution in [1.82, 2.24) is 4.90 Å². The van der Waals surface area contributed by atoms with Gasteiger partial charge in [0.05, 0.1) is 0 Å². The Hall–Kier alpha value is -1.88. The molecule has 0 spiro atoms. The quantitative estimate of drug-likeness (QED) is 0.876. The number of amides is 2. The summed E-state index contributed by atoms with van der Waals surface area (Å²) in [4.78, 5) is 26.1. The van der Waals surface area contributed by atoms with Crippen LogP contribution in [-0.2, 0) is 4.79 Å². The maximum atomic E-state index is 12.2. The molecule has 0 bridgehead atoms. The first-order valence-electron chi connectivity index (χ1n) is 8.00. The van der Waals surface area contributed by atoms with Crippen LogP contribution in [0.3, 0.4) is 0 Å². The lowest BCUT2D eigenvalue weighted by Crippen LogP contribution is -2.30. The van der Waals surface area contributed by atoms with Gasteiger partial charge in [-0.15, -0.1) is 0 Å². The van der Waals surface area contributed by atoms with E-state index in [9.17, 15) is 9.59 Å². The van der Waals surface area contributed by atoms with Gasteiger partial charge >= 0.3 is 0 Å². The van der Waals surface area contributed by atoms with Gasteiger partial charge in [-0.3, -0.25) is 9.59 Å². The number of carbonyl (C=O) groups excluding carboxylic acids is 2. The van der Waals surface area contributed by atoms with Crippen LogP contribution >= 0.6 is 0 Å². The fourth-order valence-electron chi connectivity index (χ4n) is 2.89. The second-order valence-electron chi connectivity index (χ2n) is 5.81. The highest BCUT2D eigenvalue weighted by Crippen LogP contribution is 2.25. The van der Waals surface area contributed by atoms with Crippen LogP contribution in [0.1, 0.15) is 43.5 Å². The minimum Gasteiger partial charge on any atom is -0.339 e. The lowest BCUT2D eigenvalue weighted by atomic mass is 10.1. The van der Waals surface area contributed by atoms with Crippen LogP contribution in [0.5, 0.6) is 0 Å². The van der Waals surface area contributed by atoms with Crippen molar-refractivity contribution in [3.63, 3.8) is 0 Å². The molecule has 0 heterocycles. The second-order valence-corrected chi connectivity index (χ2v) is 5.81.